The molecule has 4 aliphatic carbocycles. The molecule has 178 valence electrons. The third kappa shape index (κ3) is 3.68. The minimum Gasteiger partial charge on any atom is -0.456 e. The van der Waals surface area contributed by atoms with Crippen LogP contribution in [0.15, 0.2) is 12.2 Å². The summed E-state index contributed by atoms with van der Waals surface area (Å²) < 4.78 is 17.7. The molecule has 0 aromatic carbocycles. The van der Waals surface area contributed by atoms with Gasteiger partial charge in [-0.25, -0.2) is 0 Å². The zero-order valence-electron chi connectivity index (χ0n) is 20.2. The highest BCUT2D eigenvalue weighted by atomic mass is 16.7. The molecule has 10 atom stereocenters. The maximum absolute atomic E-state index is 12.6. The summed E-state index contributed by atoms with van der Waals surface area (Å²) in [6, 6.07) is 0. The van der Waals surface area contributed by atoms with E-state index in [0.29, 0.717) is 23.0 Å². The summed E-state index contributed by atoms with van der Waals surface area (Å²) >= 11 is 0. The average Bonchev–Trinajstić information content (AvgIpc) is 3.05. The van der Waals surface area contributed by atoms with Crippen LogP contribution in [0.25, 0.3) is 0 Å². The van der Waals surface area contributed by atoms with Crippen LogP contribution < -0.4 is 0 Å². The van der Waals surface area contributed by atoms with E-state index in [2.05, 4.69) is 13.8 Å². The lowest BCUT2D eigenvalue weighted by molar-refractivity contribution is -0.212. The highest BCUT2D eigenvalue weighted by molar-refractivity contribution is 5.87. The molecule has 0 N–H and O–H groups in total. The smallest absolute Gasteiger partial charge is 0.303 e. The number of rotatable bonds is 3. The number of Topliss-reactive ketones (excluding diaryl/α,β-unsaturated/α-hetero) is 1. The molecule has 1 aliphatic heterocycles. The van der Waals surface area contributed by atoms with Gasteiger partial charge in [0.25, 0.3) is 0 Å². The van der Waals surface area contributed by atoms with Crippen molar-refractivity contribution >= 4 is 11.8 Å². The van der Waals surface area contributed by atoms with Crippen molar-refractivity contribution in [1.82, 2.24) is 0 Å². The lowest BCUT2D eigenvalue weighted by Gasteiger charge is -2.60. The second-order valence-electron chi connectivity index (χ2n) is 11.8. The van der Waals surface area contributed by atoms with Gasteiger partial charge in [0.05, 0.1) is 12.2 Å². The topological polar surface area (TPSA) is 61.8 Å². The highest BCUT2D eigenvalue weighted by Crippen LogP contribution is 2.65. The van der Waals surface area contributed by atoms with Crippen LogP contribution in [0.2, 0.25) is 0 Å². The zero-order valence-corrected chi connectivity index (χ0v) is 20.2. The van der Waals surface area contributed by atoms with Crippen molar-refractivity contribution in [3.05, 3.63) is 12.2 Å². The zero-order chi connectivity index (χ0) is 22.7. The standard InChI is InChI=1S/C27H40O5/c1-16-23(31-17(2)28)8-10-25(30-16)32-19-11-13-26(3)18(15-19)5-6-20-21-7-9-24(29)27(21,4)14-12-22(20)26/h8,10,16,18-23,25H,5-7,9,11-15H2,1-4H3/t16-,18+,19+,20+,21+,22+,23+,25-,26+,27+/m1/s1. The van der Waals surface area contributed by atoms with E-state index in [9.17, 15) is 9.59 Å². The fourth-order valence-corrected chi connectivity index (χ4v) is 8.40. The first kappa shape index (κ1) is 22.6. The average molecular weight is 445 g/mol. The van der Waals surface area contributed by atoms with Gasteiger partial charge in [-0.05, 0) is 99.5 Å². The van der Waals surface area contributed by atoms with Crippen LogP contribution >= 0.6 is 0 Å². The van der Waals surface area contributed by atoms with Crippen LogP contribution in [0.5, 0.6) is 0 Å². The van der Waals surface area contributed by atoms with Crippen LogP contribution in [0.4, 0.5) is 0 Å². The molecule has 5 nitrogen and oxygen atoms in total. The molecule has 5 rings (SSSR count). The molecule has 0 radical (unpaired) electrons. The number of hydrogen-bond donors (Lipinski definition) is 0. The Bertz CT molecular complexity index is 791. The summed E-state index contributed by atoms with van der Waals surface area (Å²) in [6.07, 6.45) is 13.3. The number of ether oxygens (including phenoxy) is 3. The van der Waals surface area contributed by atoms with Crippen molar-refractivity contribution in [2.75, 3.05) is 0 Å². The van der Waals surface area contributed by atoms with Crippen LogP contribution in [0.3, 0.4) is 0 Å². The summed E-state index contributed by atoms with van der Waals surface area (Å²) in [5.41, 5.74) is 0.350. The van der Waals surface area contributed by atoms with Gasteiger partial charge in [0.15, 0.2) is 6.29 Å². The van der Waals surface area contributed by atoms with Crippen molar-refractivity contribution in [2.45, 2.75) is 110 Å². The predicted molar refractivity (Wildman–Crippen MR) is 121 cm³/mol. The predicted octanol–water partition coefficient (Wildman–Crippen LogP) is 5.22. The second kappa shape index (κ2) is 8.23. The fourth-order valence-electron chi connectivity index (χ4n) is 8.40. The van der Waals surface area contributed by atoms with Crippen molar-refractivity contribution in [3.63, 3.8) is 0 Å². The Balaban J connectivity index is 1.22. The van der Waals surface area contributed by atoms with E-state index >= 15 is 0 Å². The molecule has 0 aromatic rings. The summed E-state index contributed by atoms with van der Waals surface area (Å²) in [6.45, 7) is 8.17. The molecule has 0 saturated heterocycles. The van der Waals surface area contributed by atoms with Crippen molar-refractivity contribution in [1.29, 1.82) is 0 Å². The molecular weight excluding hydrogens is 404 g/mol. The number of fused-ring (bicyclic) bond motifs is 5. The molecule has 1 heterocycles. The summed E-state index contributed by atoms with van der Waals surface area (Å²) in [7, 11) is 0. The van der Waals surface area contributed by atoms with Crippen LogP contribution in [-0.4, -0.2) is 36.4 Å². The van der Waals surface area contributed by atoms with Gasteiger partial charge in [0, 0.05) is 18.8 Å². The molecule has 4 fully saturated rings. The minimum atomic E-state index is -0.359. The maximum atomic E-state index is 12.6. The Morgan fingerprint density at radius 1 is 1.06 bits per heavy atom. The van der Waals surface area contributed by atoms with E-state index < -0.39 is 0 Å². The van der Waals surface area contributed by atoms with Gasteiger partial charge in [-0.15, -0.1) is 0 Å². The molecule has 4 saturated carbocycles. The largest absolute Gasteiger partial charge is 0.456 e. The molecule has 0 unspecified atom stereocenters. The summed E-state index contributed by atoms with van der Waals surface area (Å²) in [5.74, 6) is 3.07. The number of hydrogen-bond acceptors (Lipinski definition) is 5. The Labute approximate surface area is 192 Å². The summed E-state index contributed by atoms with van der Waals surface area (Å²) in [5, 5.41) is 0. The van der Waals surface area contributed by atoms with Gasteiger partial charge in [-0.2, -0.15) is 0 Å². The monoisotopic (exact) mass is 444 g/mol. The van der Waals surface area contributed by atoms with Crippen LogP contribution in [0, 0.1) is 34.5 Å². The number of carbonyl (C=O) groups excluding carboxylic acids is 2. The Morgan fingerprint density at radius 2 is 1.88 bits per heavy atom. The lowest BCUT2D eigenvalue weighted by atomic mass is 9.45. The molecule has 0 bridgehead atoms. The van der Waals surface area contributed by atoms with E-state index in [1.165, 1.54) is 32.6 Å². The maximum Gasteiger partial charge on any atom is 0.303 e. The van der Waals surface area contributed by atoms with Crippen LogP contribution in [-0.2, 0) is 23.8 Å². The normalized spacial score (nSPS) is 50.3. The quantitative estimate of drug-likeness (QED) is 0.441. The van der Waals surface area contributed by atoms with Gasteiger partial charge in [-0.1, -0.05) is 13.8 Å². The van der Waals surface area contributed by atoms with Gasteiger partial charge < -0.3 is 14.2 Å². The fraction of sp³-hybridized carbons (Fsp3) is 0.852. The lowest BCUT2D eigenvalue weighted by Crippen LogP contribution is -2.54. The van der Waals surface area contributed by atoms with E-state index in [0.717, 1.165) is 43.9 Å². The molecular formula is C27H40O5. The third-order valence-electron chi connectivity index (χ3n) is 10.2. The van der Waals surface area contributed by atoms with Gasteiger partial charge in [-0.3, -0.25) is 9.59 Å². The molecule has 0 spiro atoms. The van der Waals surface area contributed by atoms with Crippen molar-refractivity contribution in [2.24, 2.45) is 34.5 Å². The first-order chi connectivity index (χ1) is 15.2. The number of carbonyl (C=O) groups is 2. The SMILES string of the molecule is CC(=O)O[C@H]1C=C[C@@H](O[C@H]2CC[C@@]3(C)[C@@H](CC[C@@H]4[C@@H]3CC[C@]3(C)C(=O)CC[C@@H]43)C2)O[C@@H]1C. The molecule has 0 aromatic heterocycles. The second-order valence-corrected chi connectivity index (χ2v) is 11.8. The van der Waals surface area contributed by atoms with Crippen LogP contribution in [0.1, 0.15) is 85.5 Å². The van der Waals surface area contributed by atoms with Crippen molar-refractivity contribution < 1.29 is 23.8 Å². The molecule has 5 heteroatoms. The first-order valence-corrected chi connectivity index (χ1v) is 12.9. The van der Waals surface area contributed by atoms with E-state index in [1.54, 1.807) is 0 Å². The molecule has 5 aliphatic rings. The van der Waals surface area contributed by atoms with Crippen molar-refractivity contribution in [3.8, 4) is 0 Å². The van der Waals surface area contributed by atoms with Gasteiger partial charge >= 0.3 is 5.97 Å². The van der Waals surface area contributed by atoms with E-state index in [-0.39, 0.29) is 36.0 Å². The van der Waals surface area contributed by atoms with Gasteiger partial charge in [0.2, 0.25) is 0 Å². The van der Waals surface area contributed by atoms with E-state index in [1.807, 2.05) is 19.1 Å². The first-order valence-electron chi connectivity index (χ1n) is 12.9. The van der Waals surface area contributed by atoms with E-state index in [4.69, 9.17) is 14.2 Å². The molecule has 32 heavy (non-hydrogen) atoms. The minimum absolute atomic E-state index is 0.0318. The highest BCUT2D eigenvalue weighted by Gasteiger charge is 2.60. The summed E-state index contributed by atoms with van der Waals surface area (Å²) in [4.78, 5) is 23.9. The molecule has 0 amide bonds. The Hall–Kier alpha value is -1.20. The number of ketones is 1. The third-order valence-corrected chi connectivity index (χ3v) is 10.2. The number of esters is 1. The Kier molecular flexibility index (Phi) is 5.81. The Morgan fingerprint density at radius 3 is 2.62 bits per heavy atom. The van der Waals surface area contributed by atoms with Gasteiger partial charge in [0.1, 0.15) is 11.9 Å².